The molecule has 0 unspecified atom stereocenters. The highest BCUT2D eigenvalue weighted by molar-refractivity contribution is 5.81. The Morgan fingerprint density at radius 3 is 2.35 bits per heavy atom. The molecule has 1 aliphatic carbocycles. The van der Waals surface area contributed by atoms with Gasteiger partial charge in [0.1, 0.15) is 6.04 Å². The number of aliphatic carboxylic acids is 1. The molecule has 0 aromatic heterocycles. The van der Waals surface area contributed by atoms with Gasteiger partial charge in [-0.1, -0.05) is 0 Å². The van der Waals surface area contributed by atoms with Crippen molar-refractivity contribution in [2.75, 3.05) is 0 Å². The number of nitrogens with zero attached hydrogens (tertiary/aromatic N) is 1. The van der Waals surface area contributed by atoms with E-state index in [2.05, 4.69) is 5.32 Å². The summed E-state index contributed by atoms with van der Waals surface area (Å²) in [6.07, 6.45) is -0.195. The quantitative estimate of drug-likeness (QED) is 0.617. The second-order valence-corrected chi connectivity index (χ2v) is 4.58. The summed E-state index contributed by atoms with van der Waals surface area (Å²) in [7, 11) is 0. The third-order valence-corrected chi connectivity index (χ3v) is 3.53. The van der Waals surface area contributed by atoms with E-state index in [0.717, 1.165) is 4.90 Å². The van der Waals surface area contributed by atoms with Crippen molar-refractivity contribution >= 4 is 18.0 Å². The van der Waals surface area contributed by atoms with Gasteiger partial charge in [0.15, 0.2) is 0 Å². The Bertz CT molecular complexity index is 381. The molecule has 1 heterocycles. The van der Waals surface area contributed by atoms with Crippen molar-refractivity contribution in [3.05, 3.63) is 0 Å². The normalized spacial score (nSPS) is 34.8. The summed E-state index contributed by atoms with van der Waals surface area (Å²) >= 11 is 0. The van der Waals surface area contributed by atoms with Gasteiger partial charge < -0.3 is 15.5 Å². The van der Waals surface area contributed by atoms with Crippen molar-refractivity contribution in [3.8, 4) is 0 Å². The molecule has 1 saturated carbocycles. The minimum absolute atomic E-state index is 0.203. The van der Waals surface area contributed by atoms with Gasteiger partial charge in [-0.2, -0.15) is 0 Å². The van der Waals surface area contributed by atoms with Crippen LogP contribution in [0.1, 0.15) is 19.8 Å². The van der Waals surface area contributed by atoms with Gasteiger partial charge in [-0.15, -0.1) is 0 Å². The van der Waals surface area contributed by atoms with Crippen LogP contribution in [0.5, 0.6) is 0 Å². The maximum absolute atomic E-state index is 11.1. The van der Waals surface area contributed by atoms with Gasteiger partial charge in [0.05, 0.1) is 6.04 Å². The van der Waals surface area contributed by atoms with E-state index in [4.69, 9.17) is 10.2 Å². The first-order chi connectivity index (χ1) is 7.91. The predicted octanol–water partition coefficient (Wildman–Crippen LogP) is -0.283. The number of fused-ring (bicyclic) bond motifs is 2. The molecule has 2 bridgehead atoms. The number of carbonyl (C=O) groups excluding carboxylic acids is 1. The molecule has 1 saturated heterocycles. The molecule has 17 heavy (non-hydrogen) atoms. The second-order valence-electron chi connectivity index (χ2n) is 4.58. The van der Waals surface area contributed by atoms with Gasteiger partial charge in [-0.05, 0) is 18.8 Å². The second kappa shape index (κ2) is 3.90. The van der Waals surface area contributed by atoms with Crippen LogP contribution >= 0.6 is 0 Å². The number of carboxylic acid groups (broad SMARTS) is 2. The first-order valence-corrected chi connectivity index (χ1v) is 5.43. The fourth-order valence-electron chi connectivity index (χ4n) is 3.05. The molecule has 2 aliphatic rings. The molecule has 7 heteroatoms. The highest BCUT2D eigenvalue weighted by atomic mass is 16.4. The Morgan fingerprint density at radius 1 is 1.24 bits per heavy atom. The lowest BCUT2D eigenvalue weighted by atomic mass is 9.97. The van der Waals surface area contributed by atoms with Gasteiger partial charge >= 0.3 is 12.1 Å². The highest BCUT2D eigenvalue weighted by Gasteiger charge is 2.56. The molecular formula is C10H14N2O5. The largest absolute Gasteiger partial charge is 0.480 e. The number of hydrogen-bond donors (Lipinski definition) is 3. The highest BCUT2D eigenvalue weighted by Crippen LogP contribution is 2.42. The van der Waals surface area contributed by atoms with Gasteiger partial charge in [-0.25, -0.2) is 9.59 Å². The van der Waals surface area contributed by atoms with Crippen LogP contribution in [0.4, 0.5) is 4.79 Å². The van der Waals surface area contributed by atoms with Crippen molar-refractivity contribution in [2.45, 2.75) is 37.9 Å². The number of rotatable bonds is 2. The van der Waals surface area contributed by atoms with E-state index < -0.39 is 24.1 Å². The monoisotopic (exact) mass is 242 g/mol. The first-order valence-electron chi connectivity index (χ1n) is 5.43. The molecule has 0 spiro atoms. The topological polar surface area (TPSA) is 107 Å². The molecule has 7 nitrogen and oxygen atoms in total. The lowest BCUT2D eigenvalue weighted by Gasteiger charge is -2.35. The molecule has 2 fully saturated rings. The maximum Gasteiger partial charge on any atom is 0.408 e. The number of likely N-dealkylation sites (tertiary alicyclic amines) is 1. The number of carbonyl (C=O) groups is 3. The van der Waals surface area contributed by atoms with Crippen LogP contribution in [0.15, 0.2) is 0 Å². The summed E-state index contributed by atoms with van der Waals surface area (Å²) in [5, 5.41) is 20.8. The Morgan fingerprint density at radius 2 is 1.88 bits per heavy atom. The van der Waals surface area contributed by atoms with E-state index in [1.807, 2.05) is 0 Å². The molecular weight excluding hydrogens is 228 g/mol. The molecule has 0 aromatic rings. The van der Waals surface area contributed by atoms with Crippen molar-refractivity contribution in [3.63, 3.8) is 0 Å². The van der Waals surface area contributed by atoms with Gasteiger partial charge in [-0.3, -0.25) is 9.69 Å². The molecule has 4 atom stereocenters. The fourth-order valence-corrected chi connectivity index (χ4v) is 3.05. The minimum Gasteiger partial charge on any atom is -0.480 e. The third kappa shape index (κ3) is 1.81. The smallest absolute Gasteiger partial charge is 0.408 e. The third-order valence-electron chi connectivity index (χ3n) is 3.53. The van der Waals surface area contributed by atoms with Crippen molar-refractivity contribution in [1.29, 1.82) is 0 Å². The molecule has 0 aromatic carbocycles. The van der Waals surface area contributed by atoms with E-state index in [0.29, 0.717) is 12.8 Å². The summed E-state index contributed by atoms with van der Waals surface area (Å²) < 4.78 is 0. The van der Waals surface area contributed by atoms with E-state index >= 15 is 0 Å². The van der Waals surface area contributed by atoms with Crippen LogP contribution in [-0.4, -0.2) is 51.2 Å². The number of piperidine rings is 1. The molecule has 3 N–H and O–H groups in total. The first kappa shape index (κ1) is 11.7. The van der Waals surface area contributed by atoms with Crippen LogP contribution in [-0.2, 0) is 9.59 Å². The van der Waals surface area contributed by atoms with Crippen molar-refractivity contribution in [1.82, 2.24) is 10.2 Å². The van der Waals surface area contributed by atoms with Crippen LogP contribution in [0.3, 0.4) is 0 Å². The average molecular weight is 242 g/mol. The van der Waals surface area contributed by atoms with Crippen LogP contribution in [0.2, 0.25) is 0 Å². The lowest BCUT2D eigenvalue weighted by molar-refractivity contribution is -0.144. The SMILES string of the molecule is CC(=O)N[C@@H]1C[C@@H]2C[C@H]1N(C(=O)O)[C@@H]2C(=O)O. The lowest BCUT2D eigenvalue weighted by Crippen LogP contribution is -2.57. The van der Waals surface area contributed by atoms with Gasteiger partial charge in [0.2, 0.25) is 5.91 Å². The number of hydrogen-bond acceptors (Lipinski definition) is 3. The Balaban J connectivity index is 2.19. The van der Waals surface area contributed by atoms with E-state index in [1.54, 1.807) is 0 Å². The van der Waals surface area contributed by atoms with E-state index in [9.17, 15) is 14.4 Å². The Hall–Kier alpha value is -1.79. The summed E-state index contributed by atoms with van der Waals surface area (Å²) in [5.41, 5.74) is 0. The molecule has 2 rings (SSSR count). The Labute approximate surface area is 97.4 Å². The predicted molar refractivity (Wildman–Crippen MR) is 55.4 cm³/mol. The van der Waals surface area contributed by atoms with Crippen LogP contribution < -0.4 is 5.32 Å². The molecule has 0 radical (unpaired) electrons. The zero-order chi connectivity index (χ0) is 12.7. The van der Waals surface area contributed by atoms with Crippen molar-refractivity contribution < 1.29 is 24.6 Å². The van der Waals surface area contributed by atoms with Crippen LogP contribution in [0, 0.1) is 5.92 Å². The molecule has 94 valence electrons. The zero-order valence-electron chi connectivity index (χ0n) is 9.29. The summed E-state index contributed by atoms with van der Waals surface area (Å²) in [6, 6.07) is -1.64. The minimum atomic E-state index is -1.24. The maximum atomic E-state index is 11.1. The molecule has 1 aliphatic heterocycles. The summed E-state index contributed by atoms with van der Waals surface area (Å²) in [4.78, 5) is 34.1. The summed E-state index contributed by atoms with van der Waals surface area (Å²) in [6.45, 7) is 1.37. The number of amides is 2. The van der Waals surface area contributed by atoms with Crippen LogP contribution in [0.25, 0.3) is 0 Å². The average Bonchev–Trinajstić information content (AvgIpc) is 2.71. The van der Waals surface area contributed by atoms with Crippen molar-refractivity contribution in [2.24, 2.45) is 5.92 Å². The van der Waals surface area contributed by atoms with E-state index in [-0.39, 0.29) is 17.9 Å². The number of carboxylic acids is 1. The Kier molecular flexibility index (Phi) is 2.68. The number of nitrogens with one attached hydrogen (secondary N) is 1. The zero-order valence-corrected chi connectivity index (χ0v) is 9.29. The van der Waals surface area contributed by atoms with Gasteiger partial charge in [0.25, 0.3) is 0 Å². The van der Waals surface area contributed by atoms with E-state index in [1.165, 1.54) is 6.92 Å². The summed E-state index contributed by atoms with van der Waals surface area (Å²) in [5.74, 6) is -1.54. The van der Waals surface area contributed by atoms with Gasteiger partial charge in [0, 0.05) is 13.0 Å². The fraction of sp³-hybridized carbons (Fsp3) is 0.700. The standard InChI is InChI=1S/C10H14N2O5/c1-4(13)11-6-2-5-3-7(6)12(10(16)17)8(5)9(14)15/h5-8H,2-3H2,1H3,(H,11,13)(H,14,15)(H,16,17)/t5-,6-,7-,8+/m1/s1. The molecule has 2 amide bonds.